The molecule has 2 aliphatic rings. The highest BCUT2D eigenvalue weighted by atomic mass is 19.2. The van der Waals surface area contributed by atoms with Crippen molar-refractivity contribution < 1.29 is 18.3 Å². The van der Waals surface area contributed by atoms with Crippen LogP contribution in [0.1, 0.15) is 69.8 Å². The fourth-order valence-corrected chi connectivity index (χ4v) is 4.71. The molecule has 4 heteroatoms. The summed E-state index contributed by atoms with van der Waals surface area (Å²) in [5, 5.41) is 0. The summed E-state index contributed by atoms with van der Waals surface area (Å²) < 4.78 is 40.0. The summed E-state index contributed by atoms with van der Waals surface area (Å²) in [6, 6.07) is 3.27. The maximum absolute atomic E-state index is 14.5. The summed E-state index contributed by atoms with van der Waals surface area (Å²) in [5.41, 5.74) is 0.503. The smallest absolute Gasteiger partial charge is 0.200 e. The molecule has 0 radical (unpaired) electrons. The van der Waals surface area contributed by atoms with Gasteiger partial charge in [-0.2, -0.15) is 4.39 Å². The molecule has 0 amide bonds. The third-order valence-electron chi connectivity index (χ3n) is 6.30. The largest absolute Gasteiger partial charge is 0.491 e. The third kappa shape index (κ3) is 4.90. The van der Waals surface area contributed by atoms with Gasteiger partial charge in [-0.25, -0.2) is 4.39 Å². The zero-order chi connectivity index (χ0) is 19.2. The molecule has 1 aromatic rings. The predicted molar refractivity (Wildman–Crippen MR) is 104 cm³/mol. The van der Waals surface area contributed by atoms with Crippen LogP contribution in [0.25, 0.3) is 0 Å². The van der Waals surface area contributed by atoms with Gasteiger partial charge in [-0.1, -0.05) is 12.1 Å². The summed E-state index contributed by atoms with van der Waals surface area (Å²) in [5.74, 6) is -0.265. The lowest BCUT2D eigenvalue weighted by atomic mass is 9.75. The zero-order valence-corrected chi connectivity index (χ0v) is 16.4. The highest BCUT2D eigenvalue weighted by Gasteiger charge is 2.33. The van der Waals surface area contributed by atoms with E-state index in [2.05, 4.69) is 6.58 Å². The van der Waals surface area contributed by atoms with Crippen molar-refractivity contribution in [3.05, 3.63) is 42.0 Å². The molecule has 2 unspecified atom stereocenters. The number of halogens is 2. The van der Waals surface area contributed by atoms with Gasteiger partial charge in [0, 0.05) is 6.61 Å². The highest BCUT2D eigenvalue weighted by molar-refractivity contribution is 5.33. The first-order chi connectivity index (χ1) is 13.1. The monoisotopic (exact) mass is 378 g/mol. The van der Waals surface area contributed by atoms with Crippen molar-refractivity contribution in [3.63, 3.8) is 0 Å². The molecule has 0 spiro atoms. The maximum Gasteiger partial charge on any atom is 0.200 e. The fourth-order valence-electron chi connectivity index (χ4n) is 4.71. The minimum Gasteiger partial charge on any atom is -0.491 e. The van der Waals surface area contributed by atoms with Crippen LogP contribution in [0.5, 0.6) is 5.75 Å². The molecule has 2 nitrogen and oxygen atoms in total. The lowest BCUT2D eigenvalue weighted by Crippen LogP contribution is -2.34. The van der Waals surface area contributed by atoms with E-state index in [0.29, 0.717) is 30.1 Å². The number of ether oxygens (including phenoxy) is 2. The zero-order valence-electron chi connectivity index (χ0n) is 16.4. The van der Waals surface area contributed by atoms with Crippen molar-refractivity contribution in [2.24, 2.45) is 11.8 Å². The van der Waals surface area contributed by atoms with Crippen molar-refractivity contribution in [1.29, 1.82) is 0 Å². The van der Waals surface area contributed by atoms with Crippen LogP contribution in [0.2, 0.25) is 0 Å². The Hall–Kier alpha value is -1.42. The van der Waals surface area contributed by atoms with Gasteiger partial charge in [0.1, 0.15) is 0 Å². The van der Waals surface area contributed by atoms with Crippen molar-refractivity contribution in [2.75, 3.05) is 13.2 Å². The van der Waals surface area contributed by atoms with E-state index in [4.69, 9.17) is 9.47 Å². The summed E-state index contributed by atoms with van der Waals surface area (Å²) >= 11 is 0. The van der Waals surface area contributed by atoms with Gasteiger partial charge in [-0.15, -0.1) is 6.58 Å². The summed E-state index contributed by atoms with van der Waals surface area (Å²) in [6.45, 7) is 6.75. The molecule has 27 heavy (non-hydrogen) atoms. The van der Waals surface area contributed by atoms with Crippen LogP contribution in [-0.4, -0.2) is 19.3 Å². The fraction of sp³-hybridized carbons (Fsp3) is 0.652. The topological polar surface area (TPSA) is 18.5 Å². The van der Waals surface area contributed by atoms with Crippen LogP contribution < -0.4 is 4.74 Å². The maximum atomic E-state index is 14.5. The second kappa shape index (κ2) is 9.68. The van der Waals surface area contributed by atoms with Crippen LogP contribution >= 0.6 is 0 Å². The first-order valence-electron chi connectivity index (χ1n) is 10.5. The van der Waals surface area contributed by atoms with Crippen LogP contribution in [0, 0.1) is 23.5 Å². The van der Waals surface area contributed by atoms with E-state index in [9.17, 15) is 8.78 Å². The first-order valence-corrected chi connectivity index (χ1v) is 10.5. The van der Waals surface area contributed by atoms with E-state index in [1.165, 1.54) is 12.8 Å². The standard InChI is InChI=1S/C23H32F2O2/c1-3-5-6-16-7-13-20(27-15-16)18-10-8-17(9-11-18)19-12-14-21(26-4-2)23(25)22(19)24/h3,12,14,16-18,20H,1,4-11,13,15H2,2H3. The molecular formula is C23H32F2O2. The van der Waals surface area contributed by atoms with Crippen molar-refractivity contribution >= 4 is 0 Å². The second-order valence-electron chi connectivity index (χ2n) is 8.01. The van der Waals surface area contributed by atoms with Gasteiger partial charge in [-0.05, 0) is 87.7 Å². The summed E-state index contributed by atoms with van der Waals surface area (Å²) in [7, 11) is 0. The highest BCUT2D eigenvalue weighted by Crippen LogP contribution is 2.42. The van der Waals surface area contributed by atoms with Gasteiger partial charge in [0.05, 0.1) is 12.7 Å². The van der Waals surface area contributed by atoms with Gasteiger partial charge >= 0.3 is 0 Å². The summed E-state index contributed by atoms with van der Waals surface area (Å²) in [4.78, 5) is 0. The van der Waals surface area contributed by atoms with Crippen LogP contribution in [0.3, 0.4) is 0 Å². The normalized spacial score (nSPS) is 28.7. The Morgan fingerprint density at radius 1 is 1.11 bits per heavy atom. The Morgan fingerprint density at radius 3 is 2.52 bits per heavy atom. The molecule has 3 rings (SSSR count). The van der Waals surface area contributed by atoms with Crippen LogP contribution in [0.4, 0.5) is 8.78 Å². The number of rotatable bonds is 7. The van der Waals surface area contributed by atoms with E-state index in [1.807, 2.05) is 6.08 Å². The third-order valence-corrected chi connectivity index (χ3v) is 6.30. The number of benzene rings is 1. The van der Waals surface area contributed by atoms with Gasteiger partial charge in [0.2, 0.25) is 5.82 Å². The van der Waals surface area contributed by atoms with E-state index in [1.54, 1.807) is 19.1 Å². The average molecular weight is 379 g/mol. The van der Waals surface area contributed by atoms with E-state index < -0.39 is 11.6 Å². The lowest BCUT2D eigenvalue weighted by molar-refractivity contribution is -0.0573. The van der Waals surface area contributed by atoms with E-state index in [0.717, 1.165) is 45.1 Å². The number of hydrogen-bond donors (Lipinski definition) is 0. The average Bonchev–Trinajstić information content (AvgIpc) is 2.71. The van der Waals surface area contributed by atoms with Gasteiger partial charge in [0.15, 0.2) is 11.6 Å². The summed E-state index contributed by atoms with van der Waals surface area (Å²) in [6.07, 6.45) is 10.8. The lowest BCUT2D eigenvalue weighted by Gasteiger charge is -2.38. The molecule has 1 aliphatic carbocycles. The Morgan fingerprint density at radius 2 is 1.89 bits per heavy atom. The molecule has 2 fully saturated rings. The molecular weight excluding hydrogens is 346 g/mol. The molecule has 1 heterocycles. The van der Waals surface area contributed by atoms with Crippen LogP contribution in [-0.2, 0) is 4.74 Å². The van der Waals surface area contributed by atoms with E-state index in [-0.39, 0.29) is 11.7 Å². The molecule has 0 N–H and O–H groups in total. The van der Waals surface area contributed by atoms with Gasteiger partial charge < -0.3 is 9.47 Å². The number of allylic oxidation sites excluding steroid dienone is 1. The van der Waals surface area contributed by atoms with Crippen LogP contribution in [0.15, 0.2) is 24.8 Å². The molecule has 2 atom stereocenters. The van der Waals surface area contributed by atoms with Crippen molar-refractivity contribution in [2.45, 2.75) is 70.3 Å². The SMILES string of the molecule is C=CCCC1CCC(C2CCC(c3ccc(OCC)c(F)c3F)CC2)OC1. The molecule has 1 aromatic carbocycles. The Balaban J connectivity index is 1.52. The van der Waals surface area contributed by atoms with Crippen molar-refractivity contribution in [3.8, 4) is 5.75 Å². The molecule has 0 bridgehead atoms. The second-order valence-corrected chi connectivity index (χ2v) is 8.01. The Labute approximate surface area is 161 Å². The molecule has 0 aromatic heterocycles. The minimum atomic E-state index is -0.849. The minimum absolute atomic E-state index is 0.00838. The Kier molecular flexibility index (Phi) is 7.28. The molecule has 150 valence electrons. The molecule has 1 aliphatic heterocycles. The predicted octanol–water partition coefficient (Wildman–Crippen LogP) is 6.40. The number of hydrogen-bond acceptors (Lipinski definition) is 2. The van der Waals surface area contributed by atoms with E-state index >= 15 is 0 Å². The quantitative estimate of drug-likeness (QED) is 0.511. The van der Waals surface area contributed by atoms with Gasteiger partial charge in [-0.3, -0.25) is 0 Å². The van der Waals surface area contributed by atoms with Gasteiger partial charge in [0.25, 0.3) is 0 Å². The first kappa shape index (κ1) is 20.3. The molecule has 1 saturated heterocycles. The van der Waals surface area contributed by atoms with Crippen molar-refractivity contribution in [1.82, 2.24) is 0 Å². The Bertz CT molecular complexity index is 615. The molecule has 1 saturated carbocycles.